The number of hydrogen-bond acceptors (Lipinski definition) is 6. The summed E-state index contributed by atoms with van der Waals surface area (Å²) in [5.74, 6) is 0.404. The van der Waals surface area contributed by atoms with E-state index >= 15 is 0 Å². The summed E-state index contributed by atoms with van der Waals surface area (Å²) in [5, 5.41) is 2.75. The average Bonchev–Trinajstić information content (AvgIpc) is 2.56. The Morgan fingerprint density at radius 2 is 2.16 bits per heavy atom. The van der Waals surface area contributed by atoms with Gasteiger partial charge in [0.15, 0.2) is 5.16 Å². The number of thioether (sulfide) groups is 1. The number of aromatic amines is 1. The molecule has 0 spiro atoms. The number of methoxy groups -OCH3 is 1. The molecule has 1 unspecified atom stereocenters. The second kappa shape index (κ2) is 9.24. The molecule has 7 nitrogen and oxygen atoms in total. The first-order valence-corrected chi connectivity index (χ1v) is 8.70. The number of nitrogens with one attached hydrogen (secondary N) is 2. The first-order chi connectivity index (χ1) is 12.0. The van der Waals surface area contributed by atoms with Crippen molar-refractivity contribution >= 4 is 23.4 Å². The van der Waals surface area contributed by atoms with Crippen molar-refractivity contribution in [2.45, 2.75) is 30.9 Å². The highest BCUT2D eigenvalue weighted by Crippen LogP contribution is 2.26. The van der Waals surface area contributed by atoms with Crippen LogP contribution in [0.1, 0.15) is 19.5 Å². The van der Waals surface area contributed by atoms with E-state index in [2.05, 4.69) is 15.3 Å². The summed E-state index contributed by atoms with van der Waals surface area (Å²) in [5.41, 5.74) is 0.846. The summed E-state index contributed by atoms with van der Waals surface area (Å²) in [6, 6.07) is 8.61. The van der Waals surface area contributed by atoms with Gasteiger partial charge in [0, 0.05) is 13.2 Å². The first-order valence-electron chi connectivity index (χ1n) is 7.82. The SMILES string of the molecule is CCOc1ccccc1NC(=O)C(C)Sc1nc(COC)cc(=O)[nH]1. The molecule has 2 aromatic rings. The van der Waals surface area contributed by atoms with Crippen molar-refractivity contribution in [1.82, 2.24) is 9.97 Å². The molecule has 1 heterocycles. The van der Waals surface area contributed by atoms with Crippen LogP contribution in [0.4, 0.5) is 5.69 Å². The quantitative estimate of drug-likeness (QED) is 0.553. The summed E-state index contributed by atoms with van der Waals surface area (Å²) in [4.78, 5) is 31.0. The van der Waals surface area contributed by atoms with Gasteiger partial charge in [-0.05, 0) is 26.0 Å². The number of carbonyl (C=O) groups excluding carboxylic acids is 1. The van der Waals surface area contributed by atoms with Gasteiger partial charge in [-0.2, -0.15) is 0 Å². The lowest BCUT2D eigenvalue weighted by Gasteiger charge is -2.14. The Morgan fingerprint density at radius 3 is 2.88 bits per heavy atom. The maximum atomic E-state index is 12.4. The molecule has 0 fully saturated rings. The number of nitrogens with zero attached hydrogens (tertiary/aromatic N) is 1. The minimum atomic E-state index is -0.462. The number of benzene rings is 1. The van der Waals surface area contributed by atoms with E-state index in [4.69, 9.17) is 9.47 Å². The van der Waals surface area contributed by atoms with Crippen LogP contribution in [0.15, 0.2) is 40.3 Å². The molecule has 2 rings (SSSR count). The lowest BCUT2D eigenvalue weighted by molar-refractivity contribution is -0.115. The second-order valence-electron chi connectivity index (χ2n) is 5.15. The molecule has 0 aliphatic rings. The molecule has 0 saturated heterocycles. The van der Waals surface area contributed by atoms with E-state index < -0.39 is 5.25 Å². The summed E-state index contributed by atoms with van der Waals surface area (Å²) in [7, 11) is 1.53. The van der Waals surface area contributed by atoms with E-state index in [9.17, 15) is 9.59 Å². The van der Waals surface area contributed by atoms with E-state index in [-0.39, 0.29) is 18.1 Å². The number of para-hydroxylation sites is 2. The van der Waals surface area contributed by atoms with Gasteiger partial charge >= 0.3 is 0 Å². The van der Waals surface area contributed by atoms with Crippen LogP contribution >= 0.6 is 11.8 Å². The number of H-pyrrole nitrogens is 1. The largest absolute Gasteiger partial charge is 0.492 e. The molecule has 0 bridgehead atoms. The van der Waals surface area contributed by atoms with Gasteiger partial charge in [0.05, 0.1) is 29.8 Å². The van der Waals surface area contributed by atoms with Crippen LogP contribution in [-0.4, -0.2) is 34.8 Å². The van der Waals surface area contributed by atoms with E-state index in [1.807, 2.05) is 19.1 Å². The zero-order chi connectivity index (χ0) is 18.2. The van der Waals surface area contributed by atoms with Crippen molar-refractivity contribution < 1.29 is 14.3 Å². The Balaban J connectivity index is 2.07. The van der Waals surface area contributed by atoms with Crippen LogP contribution in [0, 0.1) is 0 Å². The molecule has 0 radical (unpaired) electrons. The normalized spacial score (nSPS) is 11.8. The second-order valence-corrected chi connectivity index (χ2v) is 6.48. The fraction of sp³-hybridized carbons (Fsp3) is 0.353. The van der Waals surface area contributed by atoms with Crippen molar-refractivity contribution in [3.63, 3.8) is 0 Å². The third kappa shape index (κ3) is 5.61. The predicted octanol–water partition coefficient (Wildman–Crippen LogP) is 2.43. The molecule has 25 heavy (non-hydrogen) atoms. The van der Waals surface area contributed by atoms with Gasteiger partial charge in [-0.25, -0.2) is 4.98 Å². The lowest BCUT2D eigenvalue weighted by atomic mass is 10.3. The van der Waals surface area contributed by atoms with Gasteiger partial charge in [0.2, 0.25) is 5.91 Å². The molecule has 1 amide bonds. The number of ether oxygens (including phenoxy) is 2. The van der Waals surface area contributed by atoms with Crippen LogP contribution in [0.5, 0.6) is 5.75 Å². The molecule has 1 aromatic heterocycles. The highest BCUT2D eigenvalue weighted by atomic mass is 32.2. The van der Waals surface area contributed by atoms with Crippen molar-refractivity contribution in [2.75, 3.05) is 19.0 Å². The van der Waals surface area contributed by atoms with Crippen LogP contribution in [0.3, 0.4) is 0 Å². The van der Waals surface area contributed by atoms with Crippen molar-refractivity contribution in [2.24, 2.45) is 0 Å². The van der Waals surface area contributed by atoms with Gasteiger partial charge in [-0.1, -0.05) is 23.9 Å². The Morgan fingerprint density at radius 1 is 1.40 bits per heavy atom. The van der Waals surface area contributed by atoms with Crippen molar-refractivity contribution in [3.8, 4) is 5.75 Å². The van der Waals surface area contributed by atoms with Gasteiger partial charge in [-0.15, -0.1) is 0 Å². The molecule has 1 atom stereocenters. The number of aromatic nitrogens is 2. The van der Waals surface area contributed by atoms with Gasteiger partial charge in [-0.3, -0.25) is 9.59 Å². The van der Waals surface area contributed by atoms with E-state index in [1.54, 1.807) is 19.1 Å². The Labute approximate surface area is 150 Å². The molecule has 2 N–H and O–H groups in total. The topological polar surface area (TPSA) is 93.3 Å². The van der Waals surface area contributed by atoms with Crippen molar-refractivity contribution in [3.05, 3.63) is 46.4 Å². The fourth-order valence-electron chi connectivity index (χ4n) is 2.07. The summed E-state index contributed by atoms with van der Waals surface area (Å²) in [6.07, 6.45) is 0. The van der Waals surface area contributed by atoms with Gasteiger partial charge in [0.1, 0.15) is 5.75 Å². The molecule has 0 saturated carbocycles. The molecule has 0 aliphatic heterocycles. The Hall–Kier alpha value is -2.32. The van der Waals surface area contributed by atoms with E-state index in [0.717, 1.165) is 0 Å². The Bertz CT molecular complexity index is 778. The Kier molecular flexibility index (Phi) is 7.03. The molecular formula is C17H21N3O4S. The number of anilines is 1. The molecule has 0 aliphatic carbocycles. The average molecular weight is 363 g/mol. The van der Waals surface area contributed by atoms with Gasteiger partial charge in [0.25, 0.3) is 5.56 Å². The number of rotatable bonds is 8. The fourth-order valence-corrected chi connectivity index (χ4v) is 2.90. The standard InChI is InChI=1S/C17H21N3O4S/c1-4-24-14-8-6-5-7-13(14)19-16(22)11(2)25-17-18-12(10-23-3)9-15(21)20-17/h5-9,11H,4,10H2,1-3H3,(H,19,22)(H,18,20,21). The highest BCUT2D eigenvalue weighted by molar-refractivity contribution is 8.00. The molecular weight excluding hydrogens is 342 g/mol. The molecule has 1 aromatic carbocycles. The van der Waals surface area contributed by atoms with E-state index in [0.29, 0.717) is 28.9 Å². The smallest absolute Gasteiger partial charge is 0.251 e. The summed E-state index contributed by atoms with van der Waals surface area (Å²) < 4.78 is 10.5. The van der Waals surface area contributed by atoms with E-state index in [1.165, 1.54) is 24.9 Å². The predicted molar refractivity (Wildman–Crippen MR) is 97.1 cm³/mol. The lowest BCUT2D eigenvalue weighted by Crippen LogP contribution is -2.23. The zero-order valence-corrected chi connectivity index (χ0v) is 15.2. The number of hydrogen-bond donors (Lipinski definition) is 2. The van der Waals surface area contributed by atoms with Crippen LogP contribution < -0.4 is 15.6 Å². The minimum absolute atomic E-state index is 0.211. The summed E-state index contributed by atoms with van der Waals surface area (Å²) >= 11 is 1.17. The van der Waals surface area contributed by atoms with Gasteiger partial charge < -0.3 is 19.8 Å². The van der Waals surface area contributed by atoms with Crippen LogP contribution in [0.25, 0.3) is 0 Å². The van der Waals surface area contributed by atoms with Crippen LogP contribution in [0.2, 0.25) is 0 Å². The maximum Gasteiger partial charge on any atom is 0.251 e. The zero-order valence-electron chi connectivity index (χ0n) is 14.4. The highest BCUT2D eigenvalue weighted by Gasteiger charge is 2.18. The third-order valence-electron chi connectivity index (χ3n) is 3.17. The first kappa shape index (κ1) is 19.0. The monoisotopic (exact) mass is 363 g/mol. The van der Waals surface area contributed by atoms with Crippen LogP contribution in [-0.2, 0) is 16.1 Å². The molecule has 134 valence electrons. The van der Waals surface area contributed by atoms with Crippen molar-refractivity contribution in [1.29, 1.82) is 0 Å². The number of carbonyl (C=O) groups is 1. The minimum Gasteiger partial charge on any atom is -0.492 e. The molecule has 8 heteroatoms. The third-order valence-corrected chi connectivity index (χ3v) is 4.15. The summed E-state index contributed by atoms with van der Waals surface area (Å²) in [6.45, 7) is 4.37. The maximum absolute atomic E-state index is 12.4. The number of amides is 1.